The normalized spacial score (nSPS) is 10.6. The fourth-order valence-corrected chi connectivity index (χ4v) is 3.58. The van der Waals surface area contributed by atoms with Gasteiger partial charge in [-0.05, 0) is 56.7 Å². The van der Waals surface area contributed by atoms with Crippen molar-refractivity contribution >= 4 is 67.1 Å². The first kappa shape index (κ1) is 13.6. The molecule has 1 nitrogen and oxygen atoms in total. The van der Waals surface area contributed by atoms with Crippen LogP contribution < -0.4 is 5.32 Å². The van der Waals surface area contributed by atoms with Crippen molar-refractivity contribution in [2.45, 2.75) is 6.54 Å². The largest absolute Gasteiger partial charge is 0.379 e. The standard InChI is InChI=1S/C11H7BrClFINS/c12-7-4-6(17-11(7)13)5-16-9-3-1-2-8(14)10(9)15/h1-4,16H,5H2. The summed E-state index contributed by atoms with van der Waals surface area (Å²) in [5, 5.41) is 3.19. The van der Waals surface area contributed by atoms with E-state index in [0.717, 1.165) is 19.4 Å². The van der Waals surface area contributed by atoms with E-state index in [4.69, 9.17) is 11.6 Å². The van der Waals surface area contributed by atoms with Gasteiger partial charge in [-0.3, -0.25) is 0 Å². The molecule has 0 saturated carbocycles. The van der Waals surface area contributed by atoms with E-state index in [1.54, 1.807) is 6.07 Å². The number of nitrogens with one attached hydrogen (secondary N) is 1. The molecule has 2 rings (SSSR count). The quantitative estimate of drug-likeness (QED) is 0.613. The zero-order valence-corrected chi connectivity index (χ0v) is 13.8. The van der Waals surface area contributed by atoms with Crippen molar-refractivity contribution in [2.75, 3.05) is 5.32 Å². The lowest BCUT2D eigenvalue weighted by atomic mass is 10.3. The Morgan fingerprint density at radius 3 is 2.88 bits per heavy atom. The number of thiophene rings is 1. The van der Waals surface area contributed by atoms with Gasteiger partial charge < -0.3 is 5.32 Å². The molecule has 17 heavy (non-hydrogen) atoms. The van der Waals surface area contributed by atoms with Crippen LogP contribution in [0.5, 0.6) is 0 Å². The summed E-state index contributed by atoms with van der Waals surface area (Å²) in [7, 11) is 0. The smallest absolute Gasteiger partial charge is 0.138 e. The van der Waals surface area contributed by atoms with Crippen LogP contribution in [0.25, 0.3) is 0 Å². The lowest BCUT2D eigenvalue weighted by molar-refractivity contribution is 0.621. The van der Waals surface area contributed by atoms with Gasteiger partial charge in [-0.15, -0.1) is 11.3 Å². The monoisotopic (exact) mass is 445 g/mol. The van der Waals surface area contributed by atoms with Crippen LogP contribution in [-0.2, 0) is 6.54 Å². The molecule has 0 fully saturated rings. The van der Waals surface area contributed by atoms with E-state index in [0.29, 0.717) is 10.1 Å². The molecule has 0 aliphatic carbocycles. The summed E-state index contributed by atoms with van der Waals surface area (Å²) in [5.74, 6) is -0.207. The number of anilines is 1. The average molecular weight is 447 g/mol. The predicted molar refractivity (Wildman–Crippen MR) is 83.5 cm³/mol. The van der Waals surface area contributed by atoms with E-state index in [-0.39, 0.29) is 5.82 Å². The van der Waals surface area contributed by atoms with Crippen molar-refractivity contribution < 1.29 is 4.39 Å². The van der Waals surface area contributed by atoms with E-state index < -0.39 is 0 Å². The van der Waals surface area contributed by atoms with Crippen LogP contribution in [0.1, 0.15) is 4.88 Å². The first-order chi connectivity index (χ1) is 8.08. The number of benzene rings is 1. The van der Waals surface area contributed by atoms with Crippen molar-refractivity contribution in [3.05, 3.63) is 47.3 Å². The molecule has 6 heteroatoms. The maximum atomic E-state index is 13.3. The van der Waals surface area contributed by atoms with E-state index >= 15 is 0 Å². The molecule has 1 aromatic heterocycles. The minimum absolute atomic E-state index is 0.207. The molecule has 0 radical (unpaired) electrons. The predicted octanol–water partition coefficient (Wildman–Crippen LogP) is 5.52. The van der Waals surface area contributed by atoms with Crippen LogP contribution in [0.15, 0.2) is 28.7 Å². The zero-order chi connectivity index (χ0) is 12.4. The van der Waals surface area contributed by atoms with Crippen molar-refractivity contribution in [1.29, 1.82) is 0 Å². The summed E-state index contributed by atoms with van der Waals surface area (Å²) in [5.41, 5.74) is 0.797. The Kier molecular flexibility index (Phi) is 4.68. The molecule has 0 saturated heterocycles. The van der Waals surface area contributed by atoms with Crippen LogP contribution in [0, 0.1) is 9.39 Å². The molecule has 0 bridgehead atoms. The molecular formula is C11H7BrClFINS. The molecule has 0 amide bonds. The summed E-state index contributed by atoms with van der Waals surface area (Å²) in [4.78, 5) is 1.10. The molecule has 0 aliphatic heterocycles. The minimum Gasteiger partial charge on any atom is -0.379 e. The van der Waals surface area contributed by atoms with Crippen LogP contribution in [-0.4, -0.2) is 0 Å². The van der Waals surface area contributed by atoms with Gasteiger partial charge in [0.05, 0.1) is 9.26 Å². The molecule has 0 aliphatic rings. The lowest BCUT2D eigenvalue weighted by Crippen LogP contribution is -2.00. The van der Waals surface area contributed by atoms with Crippen molar-refractivity contribution in [1.82, 2.24) is 0 Å². The highest BCUT2D eigenvalue weighted by Gasteiger charge is 2.07. The van der Waals surface area contributed by atoms with Crippen LogP contribution in [0.3, 0.4) is 0 Å². The SMILES string of the molecule is Fc1cccc(NCc2cc(Br)c(Cl)s2)c1I. The highest BCUT2D eigenvalue weighted by Crippen LogP contribution is 2.32. The number of hydrogen-bond donors (Lipinski definition) is 1. The van der Waals surface area contributed by atoms with Gasteiger partial charge in [0.25, 0.3) is 0 Å². The Hall–Kier alpha value is 0.150. The highest BCUT2D eigenvalue weighted by atomic mass is 127. The van der Waals surface area contributed by atoms with Crippen molar-refractivity contribution in [2.24, 2.45) is 0 Å². The second-order valence-electron chi connectivity index (χ2n) is 3.29. The Labute approximate surface area is 130 Å². The second kappa shape index (κ2) is 5.86. The van der Waals surface area contributed by atoms with Crippen LogP contribution in [0.4, 0.5) is 10.1 Å². The molecule has 1 N–H and O–H groups in total. The molecule has 0 atom stereocenters. The Bertz CT molecular complexity index is 527. The highest BCUT2D eigenvalue weighted by molar-refractivity contribution is 14.1. The number of rotatable bonds is 3. The van der Waals surface area contributed by atoms with Gasteiger partial charge in [0, 0.05) is 15.9 Å². The maximum Gasteiger partial charge on any atom is 0.138 e. The van der Waals surface area contributed by atoms with Gasteiger partial charge >= 0.3 is 0 Å². The van der Waals surface area contributed by atoms with Gasteiger partial charge in [0.1, 0.15) is 10.2 Å². The van der Waals surface area contributed by atoms with E-state index in [9.17, 15) is 4.39 Å². The number of halogens is 4. The van der Waals surface area contributed by atoms with Gasteiger partial charge in [-0.1, -0.05) is 17.7 Å². The Morgan fingerprint density at radius 2 is 2.24 bits per heavy atom. The van der Waals surface area contributed by atoms with Gasteiger partial charge in [0.2, 0.25) is 0 Å². The first-order valence-corrected chi connectivity index (χ1v) is 7.76. The van der Waals surface area contributed by atoms with E-state index in [1.807, 2.05) is 34.7 Å². The molecule has 90 valence electrons. The molecule has 1 heterocycles. The zero-order valence-electron chi connectivity index (χ0n) is 8.44. The van der Waals surface area contributed by atoms with Crippen LogP contribution in [0.2, 0.25) is 4.34 Å². The third-order valence-electron chi connectivity index (χ3n) is 2.10. The van der Waals surface area contributed by atoms with E-state index in [2.05, 4.69) is 21.2 Å². The fraction of sp³-hybridized carbons (Fsp3) is 0.0909. The van der Waals surface area contributed by atoms with Gasteiger partial charge in [0.15, 0.2) is 0 Å². The second-order valence-corrected chi connectivity index (χ2v) is 6.96. The third-order valence-corrected chi connectivity index (χ3v) is 5.67. The van der Waals surface area contributed by atoms with Gasteiger partial charge in [-0.2, -0.15) is 0 Å². The molecule has 2 aromatic rings. The van der Waals surface area contributed by atoms with Gasteiger partial charge in [-0.25, -0.2) is 4.39 Å². The molecule has 1 aromatic carbocycles. The minimum atomic E-state index is -0.207. The van der Waals surface area contributed by atoms with Crippen LogP contribution >= 0.6 is 61.5 Å². The first-order valence-electron chi connectivity index (χ1n) is 4.69. The van der Waals surface area contributed by atoms with Crippen molar-refractivity contribution in [3.8, 4) is 0 Å². The summed E-state index contributed by atoms with van der Waals surface area (Å²) in [6, 6.07) is 6.96. The van der Waals surface area contributed by atoms with E-state index in [1.165, 1.54) is 17.4 Å². The Morgan fingerprint density at radius 1 is 1.47 bits per heavy atom. The summed E-state index contributed by atoms with van der Waals surface area (Å²) < 4.78 is 15.5. The third kappa shape index (κ3) is 3.33. The summed E-state index contributed by atoms with van der Waals surface area (Å²) >= 11 is 12.8. The molecule has 0 unspecified atom stereocenters. The molecular weight excluding hydrogens is 439 g/mol. The lowest BCUT2D eigenvalue weighted by Gasteiger charge is -2.07. The number of hydrogen-bond acceptors (Lipinski definition) is 2. The maximum absolute atomic E-state index is 13.3. The summed E-state index contributed by atoms with van der Waals surface area (Å²) in [6.45, 7) is 0.634. The molecule has 0 spiro atoms. The topological polar surface area (TPSA) is 12.0 Å². The average Bonchev–Trinajstić information content (AvgIpc) is 2.61. The summed E-state index contributed by atoms with van der Waals surface area (Å²) in [6.07, 6.45) is 0. The van der Waals surface area contributed by atoms with Crippen molar-refractivity contribution in [3.63, 3.8) is 0 Å². The fourth-order valence-electron chi connectivity index (χ4n) is 1.30. The Balaban J connectivity index is 2.10.